The summed E-state index contributed by atoms with van der Waals surface area (Å²) >= 11 is 8.96. The Bertz CT molecular complexity index is 708. The van der Waals surface area contributed by atoms with Crippen LogP contribution in [-0.4, -0.2) is 28.6 Å². The van der Waals surface area contributed by atoms with Gasteiger partial charge in [0.05, 0.1) is 10.6 Å². The number of alkyl halides is 3. The second-order valence-corrected chi connectivity index (χ2v) is 16.5. The summed E-state index contributed by atoms with van der Waals surface area (Å²) in [6.07, 6.45) is 0.199. The third-order valence-electron chi connectivity index (χ3n) is 2.85. The topological polar surface area (TPSA) is 88.5 Å². The number of hydrogen-bond acceptors (Lipinski definition) is 4. The zero-order chi connectivity index (χ0) is 16.5. The lowest BCUT2D eigenvalue weighted by molar-refractivity contribution is 0.478. The lowest BCUT2D eigenvalue weighted by Crippen LogP contribution is -2.18. The first-order valence-electron chi connectivity index (χ1n) is 5.71. The Balaban J connectivity index is 3.07. The lowest BCUT2D eigenvalue weighted by Gasteiger charge is -2.16. The molecule has 0 aliphatic carbocycles. The molecular formula is C11H13Br3O5S2. The first kappa shape index (κ1) is 19.6. The van der Waals surface area contributed by atoms with Gasteiger partial charge >= 0.3 is 0 Å². The predicted octanol–water partition coefficient (Wildman–Crippen LogP) is 3.64. The molecule has 0 aromatic heterocycles. The van der Waals surface area contributed by atoms with E-state index in [1.165, 1.54) is 12.1 Å². The van der Waals surface area contributed by atoms with Crippen LogP contribution in [0, 0.1) is 0 Å². The summed E-state index contributed by atoms with van der Waals surface area (Å²) in [5.74, 6) is -0.581. The van der Waals surface area contributed by atoms with Gasteiger partial charge in [0.15, 0.2) is 0 Å². The molecule has 5 nitrogen and oxygen atoms in total. The fraction of sp³-hybridized carbons (Fsp3) is 0.455. The van der Waals surface area contributed by atoms with Gasteiger partial charge in [-0.2, -0.15) is 8.42 Å². The van der Waals surface area contributed by atoms with Crippen LogP contribution in [0.25, 0.3) is 0 Å². The molecule has 1 N–H and O–H groups in total. The molecule has 0 amide bonds. The minimum absolute atomic E-state index is 0.0873. The number of benzene rings is 1. The molecule has 0 heterocycles. The summed E-state index contributed by atoms with van der Waals surface area (Å²) in [4.78, 5) is 0.0873. The van der Waals surface area contributed by atoms with Gasteiger partial charge in [0, 0.05) is 0 Å². The summed E-state index contributed by atoms with van der Waals surface area (Å²) in [6, 6.07) is 6.24. The molecule has 1 rings (SSSR count). The van der Waals surface area contributed by atoms with Gasteiger partial charge in [-0.15, -0.1) is 0 Å². The first-order chi connectivity index (χ1) is 9.34. The molecule has 1 atom stereocenters. The maximum atomic E-state index is 12.3. The molecule has 10 heteroatoms. The molecule has 0 fully saturated rings. The van der Waals surface area contributed by atoms with Crippen molar-refractivity contribution in [1.82, 2.24) is 0 Å². The molecule has 1 unspecified atom stereocenters. The molecule has 0 saturated carbocycles. The highest BCUT2D eigenvalue weighted by molar-refractivity contribution is 9.42. The zero-order valence-corrected chi connectivity index (χ0v) is 17.2. The molecule has 1 aromatic carbocycles. The predicted molar refractivity (Wildman–Crippen MR) is 92.6 cm³/mol. The van der Waals surface area contributed by atoms with Gasteiger partial charge in [-0.3, -0.25) is 4.55 Å². The summed E-state index contributed by atoms with van der Waals surface area (Å²) < 4.78 is 53.4. The van der Waals surface area contributed by atoms with Gasteiger partial charge in [-0.25, -0.2) is 8.42 Å². The quantitative estimate of drug-likeness (QED) is 0.465. The van der Waals surface area contributed by atoms with E-state index in [-0.39, 0.29) is 23.0 Å². The Morgan fingerprint density at radius 3 is 2.24 bits per heavy atom. The van der Waals surface area contributed by atoms with Crippen LogP contribution in [0.1, 0.15) is 24.8 Å². The van der Waals surface area contributed by atoms with Gasteiger partial charge in [0.1, 0.15) is 0 Å². The average molecular weight is 529 g/mol. The van der Waals surface area contributed by atoms with Crippen molar-refractivity contribution in [3.05, 3.63) is 29.8 Å². The van der Waals surface area contributed by atoms with Crippen LogP contribution >= 0.6 is 47.8 Å². The fourth-order valence-corrected chi connectivity index (χ4v) is 4.76. The van der Waals surface area contributed by atoms with Gasteiger partial charge in [-0.05, 0) is 77.8 Å². The van der Waals surface area contributed by atoms with Crippen LogP contribution < -0.4 is 0 Å². The average Bonchev–Trinajstić information content (AvgIpc) is 2.34. The maximum Gasteiger partial charge on any atom is 0.264 e. The number of hydrogen-bond donors (Lipinski definition) is 1. The molecule has 1 aromatic rings. The van der Waals surface area contributed by atoms with E-state index >= 15 is 0 Å². The highest BCUT2D eigenvalue weighted by Gasteiger charge is 2.37. The van der Waals surface area contributed by atoms with Crippen molar-refractivity contribution >= 4 is 67.7 Å². The van der Waals surface area contributed by atoms with Gasteiger partial charge in [0.2, 0.25) is 11.3 Å². The molecule has 0 spiro atoms. The third kappa shape index (κ3) is 5.58. The zero-order valence-electron chi connectivity index (χ0n) is 10.8. The molecule has 0 saturated heterocycles. The van der Waals surface area contributed by atoms with Crippen molar-refractivity contribution in [2.45, 2.75) is 25.6 Å². The molecule has 120 valence electrons. The Morgan fingerprint density at radius 2 is 1.76 bits per heavy atom. The van der Waals surface area contributed by atoms with Gasteiger partial charge in [-0.1, -0.05) is 19.1 Å². The normalized spacial score (nSPS) is 14.9. The van der Waals surface area contributed by atoms with Crippen LogP contribution in [0.3, 0.4) is 0 Å². The number of sulfone groups is 1. The molecule has 0 radical (unpaired) electrons. The molecule has 0 bridgehead atoms. The van der Waals surface area contributed by atoms with Gasteiger partial charge in [0.25, 0.3) is 10.1 Å². The van der Waals surface area contributed by atoms with E-state index in [9.17, 15) is 16.8 Å². The van der Waals surface area contributed by atoms with Crippen molar-refractivity contribution in [2.24, 2.45) is 0 Å². The highest BCUT2D eigenvalue weighted by atomic mass is 80.0. The minimum Gasteiger partial charge on any atom is -0.286 e. The molecule has 0 aliphatic heterocycles. The Labute approximate surface area is 149 Å². The van der Waals surface area contributed by atoms with Crippen molar-refractivity contribution in [1.29, 1.82) is 0 Å². The SMILES string of the molecule is CC(CCS(=O)(=O)O)c1cccc(S(=O)(=O)C(Br)(Br)Br)c1. The smallest absolute Gasteiger partial charge is 0.264 e. The van der Waals surface area contributed by atoms with E-state index < -0.39 is 21.4 Å². The largest absolute Gasteiger partial charge is 0.286 e. The van der Waals surface area contributed by atoms with Crippen molar-refractivity contribution < 1.29 is 21.4 Å². The van der Waals surface area contributed by atoms with Crippen LogP contribution in [0.4, 0.5) is 0 Å². The Kier molecular flexibility index (Phi) is 6.48. The maximum absolute atomic E-state index is 12.3. The third-order valence-corrected chi connectivity index (χ3v) is 8.92. The second-order valence-electron chi connectivity index (χ2n) is 4.50. The summed E-state index contributed by atoms with van der Waals surface area (Å²) in [7, 11) is -7.72. The van der Waals surface area contributed by atoms with E-state index in [2.05, 4.69) is 47.8 Å². The summed E-state index contributed by atoms with van der Waals surface area (Å²) in [5.41, 5.74) is 0.677. The number of rotatable bonds is 5. The van der Waals surface area contributed by atoms with E-state index in [0.717, 1.165) is 0 Å². The minimum atomic E-state index is -4.03. The van der Waals surface area contributed by atoms with E-state index in [4.69, 9.17) is 4.55 Å². The Hall–Kier alpha value is 0.520. The number of halogens is 3. The lowest BCUT2D eigenvalue weighted by atomic mass is 9.99. The van der Waals surface area contributed by atoms with Crippen LogP contribution in [0.5, 0.6) is 0 Å². The fourth-order valence-electron chi connectivity index (χ4n) is 1.61. The summed E-state index contributed by atoms with van der Waals surface area (Å²) in [6.45, 7) is 1.76. The van der Waals surface area contributed by atoms with Crippen molar-refractivity contribution in [3.63, 3.8) is 0 Å². The van der Waals surface area contributed by atoms with Gasteiger partial charge < -0.3 is 0 Å². The standard InChI is InChI=1S/C11H13Br3O5S2/c1-8(5-6-20(15,16)17)9-3-2-4-10(7-9)21(18,19)11(12,13)14/h2-4,7-8H,5-6H2,1H3,(H,15,16,17). The Morgan fingerprint density at radius 1 is 1.19 bits per heavy atom. The van der Waals surface area contributed by atoms with Crippen molar-refractivity contribution in [3.8, 4) is 0 Å². The van der Waals surface area contributed by atoms with Crippen LogP contribution in [0.2, 0.25) is 0 Å². The van der Waals surface area contributed by atoms with E-state index in [1.54, 1.807) is 19.1 Å². The second kappa shape index (κ2) is 6.96. The monoisotopic (exact) mass is 526 g/mol. The molecular weight excluding hydrogens is 516 g/mol. The van der Waals surface area contributed by atoms with Crippen LogP contribution in [0.15, 0.2) is 29.2 Å². The van der Waals surface area contributed by atoms with E-state index in [1.807, 2.05) is 0 Å². The first-order valence-corrected chi connectivity index (χ1v) is 11.2. The van der Waals surface area contributed by atoms with Crippen LogP contribution in [-0.2, 0) is 20.0 Å². The highest BCUT2D eigenvalue weighted by Crippen LogP contribution is 2.43. The molecule has 0 aliphatic rings. The van der Waals surface area contributed by atoms with E-state index in [0.29, 0.717) is 5.56 Å². The summed E-state index contributed by atoms with van der Waals surface area (Å²) in [5, 5.41) is 0. The van der Waals surface area contributed by atoms with Crippen molar-refractivity contribution in [2.75, 3.05) is 5.75 Å². The molecule has 21 heavy (non-hydrogen) atoms.